The van der Waals surface area contributed by atoms with E-state index in [1.165, 1.54) is 0 Å². The van der Waals surface area contributed by atoms with Crippen molar-refractivity contribution in [1.82, 2.24) is 10.6 Å². The first kappa shape index (κ1) is 19.9. The van der Waals surface area contributed by atoms with E-state index in [0.717, 1.165) is 6.42 Å². The number of urea groups is 1. The number of imide groups is 1. The molecule has 0 radical (unpaired) electrons. The maximum absolute atomic E-state index is 12.0. The lowest BCUT2D eigenvalue weighted by Gasteiger charge is -2.15. The van der Waals surface area contributed by atoms with Crippen LogP contribution in [-0.4, -0.2) is 44.0 Å². The third-order valence-electron chi connectivity index (χ3n) is 3.32. The van der Waals surface area contributed by atoms with Crippen LogP contribution in [-0.2, 0) is 9.59 Å². The number of likely N-dealkylation sites (N-methyl/N-ethyl adjacent to an activating group) is 1. The Hall–Kier alpha value is -2.12. The lowest BCUT2D eigenvalue weighted by Crippen LogP contribution is -3.11. The van der Waals surface area contributed by atoms with Gasteiger partial charge in [0.05, 0.1) is 17.8 Å². The van der Waals surface area contributed by atoms with E-state index in [2.05, 4.69) is 16.0 Å². The quantitative estimate of drug-likeness (QED) is 0.571. The molecule has 0 aliphatic heterocycles. The predicted molar refractivity (Wildman–Crippen MR) is 93.1 cm³/mol. The molecule has 1 rings (SSSR count). The lowest BCUT2D eigenvalue weighted by molar-refractivity contribution is -0.862. The number of halogens is 1. The molecule has 0 fully saturated rings. The van der Waals surface area contributed by atoms with Crippen molar-refractivity contribution in [2.75, 3.05) is 25.5 Å². The van der Waals surface area contributed by atoms with Crippen LogP contribution in [0.25, 0.3) is 0 Å². The van der Waals surface area contributed by atoms with Crippen LogP contribution >= 0.6 is 11.6 Å². The molecule has 0 aliphatic rings. The summed E-state index contributed by atoms with van der Waals surface area (Å²) in [5.74, 6) is -0.712. The van der Waals surface area contributed by atoms with E-state index in [4.69, 9.17) is 11.6 Å². The molecule has 4 N–H and O–H groups in total. The van der Waals surface area contributed by atoms with E-state index in [9.17, 15) is 14.4 Å². The smallest absolute Gasteiger partial charge is 0.321 e. The standard InChI is InChI=1S/C16H23ClN4O3/c1-4-11(2)18-16(24)20-15(23)10-21(3)9-14(22)19-13-8-6-5-7-12(13)17/h5-8,11H,4,9-10H2,1-3H3,(H,19,22)(H2,18,20,23,24)/p+1/t11-/m0/s1. The van der Waals surface area contributed by atoms with Gasteiger partial charge in [-0.1, -0.05) is 30.7 Å². The molecule has 132 valence electrons. The zero-order valence-corrected chi connectivity index (χ0v) is 14.9. The minimum atomic E-state index is -0.525. The zero-order valence-electron chi connectivity index (χ0n) is 14.1. The normalized spacial score (nSPS) is 12.8. The Morgan fingerprint density at radius 3 is 2.42 bits per heavy atom. The average molecular weight is 356 g/mol. The van der Waals surface area contributed by atoms with Crippen LogP contribution in [0.5, 0.6) is 0 Å². The molecule has 0 spiro atoms. The van der Waals surface area contributed by atoms with Crippen LogP contribution in [0.2, 0.25) is 5.02 Å². The van der Waals surface area contributed by atoms with Gasteiger partial charge in [0.15, 0.2) is 13.1 Å². The van der Waals surface area contributed by atoms with Gasteiger partial charge in [0.25, 0.3) is 11.8 Å². The van der Waals surface area contributed by atoms with Gasteiger partial charge in [-0.3, -0.25) is 14.9 Å². The third-order valence-corrected chi connectivity index (χ3v) is 3.65. The Bertz CT molecular complexity index is 594. The number of quaternary nitrogens is 1. The molecule has 4 amide bonds. The molecular weight excluding hydrogens is 332 g/mol. The first-order valence-electron chi connectivity index (χ1n) is 7.77. The second-order valence-electron chi connectivity index (χ2n) is 5.67. The van der Waals surface area contributed by atoms with Gasteiger partial charge in [-0.15, -0.1) is 0 Å². The minimum absolute atomic E-state index is 0.00384. The van der Waals surface area contributed by atoms with Crippen LogP contribution in [0.3, 0.4) is 0 Å². The summed E-state index contributed by atoms with van der Waals surface area (Å²) >= 11 is 5.97. The molecule has 24 heavy (non-hydrogen) atoms. The van der Waals surface area contributed by atoms with Crippen molar-refractivity contribution in [3.63, 3.8) is 0 Å². The summed E-state index contributed by atoms with van der Waals surface area (Å²) in [4.78, 5) is 35.9. The molecule has 0 heterocycles. The van der Waals surface area contributed by atoms with Gasteiger partial charge in [0.2, 0.25) is 0 Å². The highest BCUT2D eigenvalue weighted by Crippen LogP contribution is 2.19. The third kappa shape index (κ3) is 7.43. The van der Waals surface area contributed by atoms with Crippen LogP contribution in [0, 0.1) is 0 Å². The molecule has 7 nitrogen and oxygen atoms in total. The number of carbonyl (C=O) groups is 3. The number of hydrogen-bond acceptors (Lipinski definition) is 3. The average Bonchev–Trinajstić information content (AvgIpc) is 2.48. The maximum atomic E-state index is 12.0. The van der Waals surface area contributed by atoms with Gasteiger partial charge in [-0.2, -0.15) is 0 Å². The highest BCUT2D eigenvalue weighted by molar-refractivity contribution is 6.33. The van der Waals surface area contributed by atoms with Crippen LogP contribution in [0.15, 0.2) is 24.3 Å². The van der Waals surface area contributed by atoms with E-state index < -0.39 is 11.9 Å². The van der Waals surface area contributed by atoms with Gasteiger partial charge in [0, 0.05) is 6.04 Å². The Morgan fingerprint density at radius 1 is 1.17 bits per heavy atom. The van der Waals surface area contributed by atoms with Crippen molar-refractivity contribution < 1.29 is 19.3 Å². The molecule has 1 aromatic carbocycles. The molecule has 0 bridgehead atoms. The summed E-state index contributed by atoms with van der Waals surface area (Å²) in [6, 6.07) is 6.37. The molecule has 0 aliphatic carbocycles. The summed E-state index contributed by atoms with van der Waals surface area (Å²) in [7, 11) is 1.69. The van der Waals surface area contributed by atoms with Crippen molar-refractivity contribution >= 4 is 35.1 Å². The molecule has 2 atom stereocenters. The molecule has 0 saturated carbocycles. The number of carbonyl (C=O) groups excluding carboxylic acids is 3. The van der Waals surface area contributed by atoms with Crippen LogP contribution < -0.4 is 20.9 Å². The molecule has 1 unspecified atom stereocenters. The summed E-state index contributed by atoms with van der Waals surface area (Å²) in [6.45, 7) is 3.86. The number of amides is 4. The Morgan fingerprint density at radius 2 is 1.79 bits per heavy atom. The Balaban J connectivity index is 2.38. The molecule has 0 saturated heterocycles. The van der Waals surface area contributed by atoms with E-state index in [1.807, 2.05) is 13.8 Å². The number of para-hydroxylation sites is 1. The van der Waals surface area contributed by atoms with Crippen molar-refractivity contribution in [1.29, 1.82) is 0 Å². The highest BCUT2D eigenvalue weighted by Gasteiger charge is 2.17. The number of rotatable bonds is 7. The number of nitrogens with one attached hydrogen (secondary N) is 4. The second kappa shape index (κ2) is 9.89. The van der Waals surface area contributed by atoms with Crippen molar-refractivity contribution in [3.8, 4) is 0 Å². The van der Waals surface area contributed by atoms with Gasteiger partial charge in [0.1, 0.15) is 0 Å². The van der Waals surface area contributed by atoms with Crippen molar-refractivity contribution in [2.24, 2.45) is 0 Å². The monoisotopic (exact) mass is 355 g/mol. The van der Waals surface area contributed by atoms with E-state index in [1.54, 1.807) is 31.3 Å². The fraction of sp³-hybridized carbons (Fsp3) is 0.438. The highest BCUT2D eigenvalue weighted by atomic mass is 35.5. The lowest BCUT2D eigenvalue weighted by atomic mass is 10.3. The van der Waals surface area contributed by atoms with Crippen molar-refractivity contribution in [3.05, 3.63) is 29.3 Å². The van der Waals surface area contributed by atoms with Crippen molar-refractivity contribution in [2.45, 2.75) is 26.3 Å². The van der Waals surface area contributed by atoms with E-state index in [0.29, 0.717) is 15.6 Å². The van der Waals surface area contributed by atoms with Gasteiger partial charge >= 0.3 is 6.03 Å². The fourth-order valence-electron chi connectivity index (χ4n) is 1.90. The Kier molecular flexibility index (Phi) is 8.21. The summed E-state index contributed by atoms with van der Waals surface area (Å²) < 4.78 is 0. The van der Waals surface area contributed by atoms with Gasteiger partial charge < -0.3 is 15.5 Å². The summed E-state index contributed by atoms with van der Waals surface area (Å²) in [5, 5.41) is 8.02. The second-order valence-corrected chi connectivity index (χ2v) is 6.08. The van der Waals surface area contributed by atoms with E-state index in [-0.39, 0.29) is 25.0 Å². The zero-order chi connectivity index (χ0) is 18.1. The predicted octanol–water partition coefficient (Wildman–Crippen LogP) is 0.418. The fourth-order valence-corrected chi connectivity index (χ4v) is 2.08. The maximum Gasteiger partial charge on any atom is 0.321 e. The summed E-state index contributed by atoms with van der Waals surface area (Å²) in [5.41, 5.74) is 0.523. The SMILES string of the molecule is CC[C@H](C)NC(=O)NC(=O)C[NH+](C)CC(=O)Nc1ccccc1Cl. The van der Waals surface area contributed by atoms with Gasteiger partial charge in [-0.25, -0.2) is 4.79 Å². The van der Waals surface area contributed by atoms with Crippen LogP contribution in [0.1, 0.15) is 20.3 Å². The number of anilines is 1. The Labute approximate surface area is 146 Å². The number of hydrogen-bond donors (Lipinski definition) is 4. The number of benzene rings is 1. The summed E-state index contributed by atoms with van der Waals surface area (Å²) in [6.07, 6.45) is 0.773. The first-order chi connectivity index (χ1) is 11.3. The first-order valence-corrected chi connectivity index (χ1v) is 8.15. The largest absolute Gasteiger partial charge is 0.335 e. The van der Waals surface area contributed by atoms with E-state index >= 15 is 0 Å². The molecule has 0 aromatic heterocycles. The molecular formula is C16H24ClN4O3+. The molecule has 1 aromatic rings. The topological polar surface area (TPSA) is 91.7 Å². The minimum Gasteiger partial charge on any atom is -0.335 e. The molecule has 8 heteroatoms. The van der Waals surface area contributed by atoms with Crippen LogP contribution in [0.4, 0.5) is 10.5 Å². The van der Waals surface area contributed by atoms with Gasteiger partial charge in [-0.05, 0) is 25.5 Å².